The minimum atomic E-state index is -0.842. The maximum absolute atomic E-state index is 13.4. The molecule has 0 spiro atoms. The van der Waals surface area contributed by atoms with Crippen molar-refractivity contribution in [2.24, 2.45) is 0 Å². The molecule has 1 fully saturated rings. The van der Waals surface area contributed by atoms with Crippen LogP contribution in [0.1, 0.15) is 42.1 Å². The van der Waals surface area contributed by atoms with E-state index in [0.717, 1.165) is 5.56 Å². The molecular formula is C27H25FN2O4. The fourth-order valence-corrected chi connectivity index (χ4v) is 4.05. The van der Waals surface area contributed by atoms with Crippen molar-refractivity contribution in [3.63, 3.8) is 0 Å². The number of carbonyl (C=O) groups excluding carboxylic acids is 2. The normalized spacial score (nSPS) is 17.4. The third-order valence-electron chi connectivity index (χ3n) is 5.62. The number of pyridine rings is 1. The number of aliphatic hydroxyl groups is 1. The van der Waals surface area contributed by atoms with Crippen LogP contribution in [0.3, 0.4) is 0 Å². The number of carbonyl (C=O) groups is 2. The number of halogens is 1. The average molecular weight is 461 g/mol. The molecule has 0 bridgehead atoms. The van der Waals surface area contributed by atoms with Crippen LogP contribution in [0.5, 0.6) is 5.75 Å². The number of likely N-dealkylation sites (tertiary alicyclic amines) is 1. The zero-order valence-electron chi connectivity index (χ0n) is 19.2. The van der Waals surface area contributed by atoms with Gasteiger partial charge >= 0.3 is 0 Å². The molecule has 2 aromatic carbocycles. The predicted molar refractivity (Wildman–Crippen MR) is 125 cm³/mol. The van der Waals surface area contributed by atoms with Gasteiger partial charge in [0.05, 0.1) is 17.7 Å². The lowest BCUT2D eigenvalue weighted by molar-refractivity contribution is -0.140. The maximum Gasteiger partial charge on any atom is 0.295 e. The van der Waals surface area contributed by atoms with Gasteiger partial charge in [0.15, 0.2) is 0 Å². The van der Waals surface area contributed by atoms with Gasteiger partial charge in [-0.2, -0.15) is 0 Å². The topological polar surface area (TPSA) is 79.7 Å². The Morgan fingerprint density at radius 1 is 1.15 bits per heavy atom. The van der Waals surface area contributed by atoms with Crippen LogP contribution in [0.2, 0.25) is 0 Å². The van der Waals surface area contributed by atoms with Gasteiger partial charge in [-0.15, -0.1) is 0 Å². The van der Waals surface area contributed by atoms with E-state index in [4.69, 9.17) is 4.74 Å². The van der Waals surface area contributed by atoms with Crippen LogP contribution in [0, 0.1) is 12.7 Å². The number of Topliss-reactive ketones (excluding diaryl/α,β-unsaturated/α-hetero) is 1. The summed E-state index contributed by atoms with van der Waals surface area (Å²) in [5.41, 5.74) is 2.42. The van der Waals surface area contributed by atoms with Crippen LogP contribution >= 0.6 is 0 Å². The van der Waals surface area contributed by atoms with Crippen LogP contribution in [-0.2, 0) is 16.1 Å². The second-order valence-electron chi connectivity index (χ2n) is 8.49. The minimum absolute atomic E-state index is 0.0134. The Morgan fingerprint density at radius 2 is 1.88 bits per heavy atom. The first-order chi connectivity index (χ1) is 16.3. The second kappa shape index (κ2) is 9.47. The van der Waals surface area contributed by atoms with E-state index in [1.54, 1.807) is 54.9 Å². The first kappa shape index (κ1) is 23.2. The molecule has 2 heterocycles. The Hall–Kier alpha value is -4.00. The molecule has 0 aliphatic carbocycles. The molecule has 7 heteroatoms. The number of amides is 1. The molecule has 1 amide bonds. The minimum Gasteiger partial charge on any atom is -0.507 e. The molecule has 0 saturated carbocycles. The summed E-state index contributed by atoms with van der Waals surface area (Å²) in [6, 6.07) is 13.5. The first-order valence-corrected chi connectivity index (χ1v) is 11.0. The summed E-state index contributed by atoms with van der Waals surface area (Å²) in [7, 11) is 0. The molecule has 6 nitrogen and oxygen atoms in total. The number of hydrogen-bond donors (Lipinski definition) is 1. The molecule has 34 heavy (non-hydrogen) atoms. The van der Waals surface area contributed by atoms with E-state index in [1.165, 1.54) is 17.0 Å². The monoisotopic (exact) mass is 460 g/mol. The van der Waals surface area contributed by atoms with Crippen LogP contribution in [0.25, 0.3) is 5.76 Å². The second-order valence-corrected chi connectivity index (χ2v) is 8.49. The number of ketones is 1. The smallest absolute Gasteiger partial charge is 0.295 e. The number of rotatable bonds is 6. The lowest BCUT2D eigenvalue weighted by atomic mass is 9.95. The van der Waals surface area contributed by atoms with Crippen molar-refractivity contribution in [2.45, 2.75) is 39.5 Å². The predicted octanol–water partition coefficient (Wildman–Crippen LogP) is 4.94. The lowest BCUT2D eigenvalue weighted by Gasteiger charge is -2.25. The van der Waals surface area contributed by atoms with E-state index in [-0.39, 0.29) is 24.0 Å². The summed E-state index contributed by atoms with van der Waals surface area (Å²) in [6.07, 6.45) is 3.14. The van der Waals surface area contributed by atoms with Crippen molar-refractivity contribution in [1.29, 1.82) is 0 Å². The van der Waals surface area contributed by atoms with Gasteiger partial charge in [0.2, 0.25) is 0 Å². The van der Waals surface area contributed by atoms with Crippen LogP contribution in [-0.4, -0.2) is 32.8 Å². The number of nitrogens with zero attached hydrogens (tertiary/aromatic N) is 2. The fourth-order valence-electron chi connectivity index (χ4n) is 4.05. The molecule has 3 aromatic rings. The lowest BCUT2D eigenvalue weighted by Crippen LogP contribution is -2.29. The van der Waals surface area contributed by atoms with E-state index in [1.807, 2.05) is 20.8 Å². The molecule has 1 atom stereocenters. The summed E-state index contributed by atoms with van der Waals surface area (Å²) >= 11 is 0. The molecule has 0 radical (unpaired) electrons. The first-order valence-electron chi connectivity index (χ1n) is 11.0. The Balaban J connectivity index is 1.80. The Morgan fingerprint density at radius 3 is 2.50 bits per heavy atom. The van der Waals surface area contributed by atoms with Gasteiger partial charge in [-0.1, -0.05) is 18.2 Å². The van der Waals surface area contributed by atoms with Crippen molar-refractivity contribution in [3.05, 3.63) is 101 Å². The summed E-state index contributed by atoms with van der Waals surface area (Å²) < 4.78 is 19.1. The molecule has 4 rings (SSSR count). The van der Waals surface area contributed by atoms with E-state index in [2.05, 4.69) is 4.98 Å². The number of benzene rings is 2. The molecule has 1 saturated heterocycles. The SMILES string of the molecule is Cc1cc(/C(O)=C2/C(=O)C(=O)N(Cc3ccc(F)cc3)C2c2cccnc2)ccc1OC(C)C. The van der Waals surface area contributed by atoms with Crippen molar-refractivity contribution in [1.82, 2.24) is 9.88 Å². The highest BCUT2D eigenvalue weighted by molar-refractivity contribution is 6.46. The molecule has 1 unspecified atom stereocenters. The van der Waals surface area contributed by atoms with Crippen molar-refractivity contribution in [3.8, 4) is 5.75 Å². The quantitative estimate of drug-likeness (QED) is 0.320. The van der Waals surface area contributed by atoms with Gasteiger partial charge < -0.3 is 14.7 Å². The Bertz CT molecular complexity index is 1250. The number of hydrogen-bond acceptors (Lipinski definition) is 5. The molecule has 1 aliphatic heterocycles. The van der Waals surface area contributed by atoms with Gasteiger partial charge in [-0.05, 0) is 73.9 Å². The van der Waals surface area contributed by atoms with E-state index >= 15 is 0 Å². The highest BCUT2D eigenvalue weighted by Gasteiger charge is 2.46. The maximum atomic E-state index is 13.4. The summed E-state index contributed by atoms with van der Waals surface area (Å²) in [5.74, 6) is -1.51. The highest BCUT2D eigenvalue weighted by atomic mass is 19.1. The highest BCUT2D eigenvalue weighted by Crippen LogP contribution is 2.40. The zero-order valence-corrected chi connectivity index (χ0v) is 19.2. The van der Waals surface area contributed by atoms with Crippen LogP contribution in [0.15, 0.2) is 72.6 Å². The standard InChI is InChI=1S/C27H25FN2O4/c1-16(2)34-22-11-8-19(13-17(22)3)25(31)23-24(20-5-4-12-29-14-20)30(27(33)26(23)32)15-18-6-9-21(28)10-7-18/h4-14,16,24,31H,15H2,1-3H3/b25-23-. The number of aromatic nitrogens is 1. The summed E-state index contributed by atoms with van der Waals surface area (Å²) in [4.78, 5) is 31.7. The van der Waals surface area contributed by atoms with Gasteiger partial charge in [-0.3, -0.25) is 14.6 Å². The van der Waals surface area contributed by atoms with Crippen LogP contribution in [0.4, 0.5) is 4.39 Å². The molecule has 174 valence electrons. The van der Waals surface area contributed by atoms with Gasteiger partial charge in [0.1, 0.15) is 17.3 Å². The average Bonchev–Trinajstić information content (AvgIpc) is 3.06. The van der Waals surface area contributed by atoms with E-state index in [0.29, 0.717) is 22.4 Å². The van der Waals surface area contributed by atoms with Crippen LogP contribution < -0.4 is 4.74 Å². The van der Waals surface area contributed by atoms with E-state index in [9.17, 15) is 19.1 Å². The van der Waals surface area contributed by atoms with Gasteiger partial charge in [0, 0.05) is 24.5 Å². The third kappa shape index (κ3) is 4.55. The molecule has 1 N–H and O–H groups in total. The zero-order chi connectivity index (χ0) is 24.4. The number of aliphatic hydroxyl groups excluding tert-OH is 1. The van der Waals surface area contributed by atoms with E-state index < -0.39 is 23.5 Å². The van der Waals surface area contributed by atoms with Crippen molar-refractivity contribution >= 4 is 17.4 Å². The van der Waals surface area contributed by atoms with Crippen molar-refractivity contribution in [2.75, 3.05) is 0 Å². The molecule has 1 aliphatic rings. The number of aryl methyl sites for hydroxylation is 1. The fraction of sp³-hybridized carbons (Fsp3) is 0.222. The van der Waals surface area contributed by atoms with Crippen molar-refractivity contribution < 1.29 is 23.8 Å². The third-order valence-corrected chi connectivity index (χ3v) is 5.62. The summed E-state index contributed by atoms with van der Waals surface area (Å²) in [6.45, 7) is 5.76. The largest absolute Gasteiger partial charge is 0.507 e. The Labute approximate surface area is 197 Å². The van der Waals surface area contributed by atoms with Gasteiger partial charge in [0.25, 0.3) is 11.7 Å². The molecular weight excluding hydrogens is 435 g/mol. The molecule has 1 aromatic heterocycles. The Kier molecular flexibility index (Phi) is 6.45. The summed E-state index contributed by atoms with van der Waals surface area (Å²) in [5, 5.41) is 11.2. The van der Waals surface area contributed by atoms with Gasteiger partial charge in [-0.25, -0.2) is 4.39 Å². The number of ether oxygens (including phenoxy) is 1.